The number of hydrogen-bond donors (Lipinski definition) is 4. The molecule has 0 radical (unpaired) electrons. The van der Waals surface area contributed by atoms with Crippen LogP contribution < -0.4 is 11.8 Å². The number of carbonyl (C=O) groups is 5. The van der Waals surface area contributed by atoms with E-state index in [4.69, 9.17) is 10.2 Å². The Kier molecular flexibility index (Phi) is 34.8. The van der Waals surface area contributed by atoms with Gasteiger partial charge in [0, 0.05) is 27.9 Å². The van der Waals surface area contributed by atoms with E-state index in [1.54, 1.807) is 6.92 Å². The SMILES string of the molecule is C=C(C)C(=O)O.C=C(C)C(=O)O.C=C(C)C(=O)OC.C=C(CCCC)C(=O)ON.C=C(CCCC)C(=O)ON. The lowest BCUT2D eigenvalue weighted by atomic mass is 10.1. The lowest BCUT2D eigenvalue weighted by molar-refractivity contribution is -0.140. The zero-order chi connectivity index (χ0) is 32.1. The minimum Gasteiger partial charge on any atom is -0.478 e. The van der Waals surface area contributed by atoms with E-state index in [9.17, 15) is 24.0 Å². The van der Waals surface area contributed by atoms with E-state index in [1.165, 1.54) is 21.0 Å². The fourth-order valence-electron chi connectivity index (χ4n) is 1.33. The summed E-state index contributed by atoms with van der Waals surface area (Å²) in [4.78, 5) is 58.5. The van der Waals surface area contributed by atoms with Crippen LogP contribution >= 0.6 is 0 Å². The Bertz CT molecular complexity index is 766. The molecular weight excluding hydrogens is 512 g/mol. The molecule has 12 nitrogen and oxygen atoms in total. The Hall–Kier alpha value is -4.03. The number of carboxylic acid groups (broad SMARTS) is 2. The lowest BCUT2D eigenvalue weighted by Gasteiger charge is -1.99. The number of carboxylic acids is 2. The molecule has 0 aromatic heterocycles. The van der Waals surface area contributed by atoms with Crippen LogP contribution in [0.3, 0.4) is 0 Å². The average molecular weight is 559 g/mol. The van der Waals surface area contributed by atoms with Crippen LogP contribution in [0, 0.1) is 0 Å². The third-order valence-electron chi connectivity index (χ3n) is 3.72. The van der Waals surface area contributed by atoms with Gasteiger partial charge in [0.2, 0.25) is 0 Å². The van der Waals surface area contributed by atoms with Crippen LogP contribution in [0.25, 0.3) is 0 Å². The van der Waals surface area contributed by atoms with Gasteiger partial charge in [0.05, 0.1) is 7.11 Å². The number of unbranched alkanes of at least 4 members (excludes halogenated alkanes) is 2. The van der Waals surface area contributed by atoms with E-state index in [0.29, 0.717) is 29.6 Å². The van der Waals surface area contributed by atoms with Crippen molar-refractivity contribution in [1.29, 1.82) is 0 Å². The van der Waals surface area contributed by atoms with Crippen LogP contribution in [0.1, 0.15) is 73.1 Å². The van der Waals surface area contributed by atoms with E-state index in [1.807, 2.05) is 13.8 Å². The molecule has 0 atom stereocenters. The highest BCUT2D eigenvalue weighted by Crippen LogP contribution is 2.05. The van der Waals surface area contributed by atoms with Crippen molar-refractivity contribution in [2.45, 2.75) is 73.1 Å². The summed E-state index contributed by atoms with van der Waals surface area (Å²) < 4.78 is 4.27. The van der Waals surface area contributed by atoms with Crippen molar-refractivity contribution in [2.24, 2.45) is 11.8 Å². The van der Waals surface area contributed by atoms with Gasteiger partial charge in [0.1, 0.15) is 0 Å². The second-order valence-electron chi connectivity index (χ2n) is 7.67. The topological polar surface area (TPSA) is 206 Å². The number of carbonyl (C=O) groups excluding carboxylic acids is 3. The van der Waals surface area contributed by atoms with Gasteiger partial charge >= 0.3 is 29.8 Å². The van der Waals surface area contributed by atoms with Crippen molar-refractivity contribution in [3.05, 3.63) is 60.8 Å². The quantitative estimate of drug-likeness (QED) is 0.159. The van der Waals surface area contributed by atoms with Crippen molar-refractivity contribution >= 4 is 29.8 Å². The highest BCUT2D eigenvalue weighted by Gasteiger charge is 2.05. The van der Waals surface area contributed by atoms with Gasteiger partial charge in [-0.3, -0.25) is 0 Å². The molecule has 0 amide bonds. The molecule has 12 heteroatoms. The standard InChI is InChI=1S/2C7H13NO2.C5H8O2.2C4H6O2/c2*1-3-4-5-6(2)7(9)10-8;1-4(2)5(6)7-3;2*1-3(2)4(5)6/h2*2-5,8H2,1H3;1H2,2-3H3;2*1H2,2H3,(H,5,6). The number of nitrogens with two attached hydrogens (primary N) is 2. The maximum atomic E-state index is 10.6. The minimum atomic E-state index is -0.935. The van der Waals surface area contributed by atoms with E-state index in [0.717, 1.165) is 25.7 Å². The van der Waals surface area contributed by atoms with Crippen LogP contribution in [-0.2, 0) is 38.4 Å². The molecule has 0 aromatic carbocycles. The molecule has 0 aliphatic heterocycles. The third-order valence-corrected chi connectivity index (χ3v) is 3.72. The molecule has 0 saturated heterocycles. The second-order valence-corrected chi connectivity index (χ2v) is 7.67. The summed E-state index contributed by atoms with van der Waals surface area (Å²) in [5, 5.41) is 15.8. The smallest absolute Gasteiger partial charge is 0.351 e. The third kappa shape index (κ3) is 38.7. The fraction of sp³-hybridized carbons (Fsp3) is 0.444. The average Bonchev–Trinajstić information content (AvgIpc) is 2.89. The number of ether oxygens (including phenoxy) is 1. The molecule has 6 N–H and O–H groups in total. The van der Waals surface area contributed by atoms with Crippen LogP contribution in [0.5, 0.6) is 0 Å². The Balaban J connectivity index is -0.000000126. The predicted molar refractivity (Wildman–Crippen MR) is 150 cm³/mol. The zero-order valence-electron chi connectivity index (χ0n) is 24.1. The Morgan fingerprint density at radius 2 is 0.872 bits per heavy atom. The Labute approximate surface area is 231 Å². The number of rotatable bonds is 11. The number of methoxy groups -OCH3 is 1. The van der Waals surface area contributed by atoms with Crippen molar-refractivity contribution in [3.63, 3.8) is 0 Å². The van der Waals surface area contributed by atoms with E-state index in [2.05, 4.69) is 59.1 Å². The molecule has 0 aliphatic rings. The number of esters is 1. The van der Waals surface area contributed by atoms with Crippen molar-refractivity contribution in [1.82, 2.24) is 0 Å². The van der Waals surface area contributed by atoms with E-state index >= 15 is 0 Å². The van der Waals surface area contributed by atoms with Gasteiger partial charge in [0.25, 0.3) is 0 Å². The molecule has 0 aliphatic carbocycles. The molecule has 224 valence electrons. The second kappa shape index (κ2) is 30.2. The number of aliphatic carboxylic acids is 2. The lowest BCUT2D eigenvalue weighted by Crippen LogP contribution is -2.11. The van der Waals surface area contributed by atoms with Gasteiger partial charge in [-0.15, -0.1) is 0 Å². The normalized spacial score (nSPS) is 8.31. The summed E-state index contributed by atoms with van der Waals surface area (Å²) in [7, 11) is 1.33. The highest BCUT2D eigenvalue weighted by atomic mass is 16.7. The summed E-state index contributed by atoms with van der Waals surface area (Å²) in [6.45, 7) is 25.3. The van der Waals surface area contributed by atoms with Gasteiger partial charge in [0.15, 0.2) is 0 Å². The summed E-state index contributed by atoms with van der Waals surface area (Å²) in [5.41, 5.74) is 1.68. The van der Waals surface area contributed by atoms with Crippen LogP contribution in [-0.4, -0.2) is 47.2 Å². The van der Waals surface area contributed by atoms with Crippen molar-refractivity contribution < 1.29 is 48.6 Å². The summed E-state index contributed by atoms with van der Waals surface area (Å²) in [6, 6.07) is 0. The first-order valence-corrected chi connectivity index (χ1v) is 11.6. The molecule has 0 saturated carbocycles. The summed E-state index contributed by atoms with van der Waals surface area (Å²) in [6.07, 6.45) is 5.33. The minimum absolute atomic E-state index is 0.176. The van der Waals surface area contributed by atoms with Gasteiger partial charge in [-0.25, -0.2) is 24.0 Å². The molecule has 0 aromatic rings. The number of hydrogen-bond acceptors (Lipinski definition) is 10. The summed E-state index contributed by atoms with van der Waals surface area (Å²) in [5.74, 6) is 6.04. The predicted octanol–water partition coefficient (Wildman–Crippen LogP) is 4.33. The van der Waals surface area contributed by atoms with Crippen molar-refractivity contribution in [3.8, 4) is 0 Å². The molecule has 39 heavy (non-hydrogen) atoms. The monoisotopic (exact) mass is 558 g/mol. The first kappa shape index (κ1) is 44.9. The largest absolute Gasteiger partial charge is 0.478 e. The van der Waals surface area contributed by atoms with Crippen LogP contribution in [0.4, 0.5) is 0 Å². The molecule has 0 fully saturated rings. The molecular formula is C27H46N2O10. The van der Waals surface area contributed by atoms with Gasteiger partial charge in [-0.2, -0.15) is 11.8 Å². The Morgan fingerprint density at radius 3 is 0.974 bits per heavy atom. The van der Waals surface area contributed by atoms with Crippen LogP contribution in [0.15, 0.2) is 60.8 Å². The van der Waals surface area contributed by atoms with Gasteiger partial charge in [-0.05, 0) is 46.5 Å². The zero-order valence-corrected chi connectivity index (χ0v) is 24.1. The maximum Gasteiger partial charge on any atom is 0.351 e. The maximum absolute atomic E-state index is 10.6. The van der Waals surface area contributed by atoms with Crippen LogP contribution in [0.2, 0.25) is 0 Å². The molecule has 0 heterocycles. The van der Waals surface area contributed by atoms with Gasteiger partial charge < -0.3 is 24.6 Å². The molecule has 0 bridgehead atoms. The molecule has 0 spiro atoms. The first-order valence-electron chi connectivity index (χ1n) is 11.6. The van der Waals surface area contributed by atoms with E-state index < -0.39 is 23.9 Å². The van der Waals surface area contributed by atoms with E-state index in [-0.39, 0.29) is 17.1 Å². The van der Waals surface area contributed by atoms with Gasteiger partial charge in [-0.1, -0.05) is 59.6 Å². The molecule has 0 rings (SSSR count). The van der Waals surface area contributed by atoms with Crippen molar-refractivity contribution in [2.75, 3.05) is 7.11 Å². The Morgan fingerprint density at radius 1 is 0.615 bits per heavy atom. The highest BCUT2D eigenvalue weighted by molar-refractivity contribution is 5.88. The fourth-order valence-corrected chi connectivity index (χ4v) is 1.33. The molecule has 0 unspecified atom stereocenters. The first-order chi connectivity index (χ1) is 17.9. The summed E-state index contributed by atoms with van der Waals surface area (Å²) >= 11 is 0.